The molecule has 0 aromatic heterocycles. The van der Waals surface area contributed by atoms with Crippen LogP contribution in [0.3, 0.4) is 0 Å². The lowest BCUT2D eigenvalue weighted by Crippen LogP contribution is -2.43. The summed E-state index contributed by atoms with van der Waals surface area (Å²) in [4.78, 5) is 13.6. The topological polar surface area (TPSA) is 92.5 Å². The number of anilines is 2. The van der Waals surface area contributed by atoms with Gasteiger partial charge in [-0.3, -0.25) is 9.69 Å². The minimum atomic E-state index is -2.97. The lowest BCUT2D eigenvalue weighted by molar-refractivity contribution is -0.117. The second-order valence-electron chi connectivity index (χ2n) is 4.71. The number of carbonyl (C=O) groups excluding carboxylic acids is 1. The van der Waals surface area contributed by atoms with Crippen LogP contribution in [0.5, 0.6) is 0 Å². The summed E-state index contributed by atoms with van der Waals surface area (Å²) >= 11 is 0. The van der Waals surface area contributed by atoms with Crippen molar-refractivity contribution in [2.24, 2.45) is 0 Å². The number of hydrogen-bond donors (Lipinski definition) is 2. The zero-order chi connectivity index (χ0) is 14.8. The van der Waals surface area contributed by atoms with Gasteiger partial charge in [0.2, 0.25) is 5.91 Å². The summed E-state index contributed by atoms with van der Waals surface area (Å²) in [5, 5.41) is 2.52. The molecule has 0 unspecified atom stereocenters. The lowest BCUT2D eigenvalue weighted by atomic mass is 10.2. The number of halogens is 1. The Morgan fingerprint density at radius 2 is 2.00 bits per heavy atom. The van der Waals surface area contributed by atoms with Crippen LogP contribution < -0.4 is 11.1 Å². The number of nitrogens with one attached hydrogen (secondary N) is 1. The van der Waals surface area contributed by atoms with Crippen molar-refractivity contribution in [3.8, 4) is 0 Å². The van der Waals surface area contributed by atoms with Gasteiger partial charge >= 0.3 is 0 Å². The zero-order valence-corrected chi connectivity index (χ0v) is 11.6. The molecular weight excluding hydrogens is 285 g/mol. The molecule has 0 saturated carbocycles. The second kappa shape index (κ2) is 5.76. The first-order chi connectivity index (χ1) is 9.35. The van der Waals surface area contributed by atoms with Gasteiger partial charge < -0.3 is 11.1 Å². The number of amides is 1. The van der Waals surface area contributed by atoms with E-state index in [2.05, 4.69) is 5.32 Å². The minimum absolute atomic E-state index is 0.0579. The molecule has 1 fully saturated rings. The summed E-state index contributed by atoms with van der Waals surface area (Å²) in [6, 6.07) is 3.73. The van der Waals surface area contributed by atoms with Crippen LogP contribution in [0.1, 0.15) is 0 Å². The molecule has 1 aromatic rings. The van der Waals surface area contributed by atoms with Gasteiger partial charge in [0.1, 0.15) is 5.82 Å². The van der Waals surface area contributed by atoms with Crippen LogP contribution in [0.4, 0.5) is 15.8 Å². The molecule has 0 spiro atoms. The number of nitrogen functional groups attached to an aromatic ring is 1. The minimum Gasteiger partial charge on any atom is -0.397 e. The number of rotatable bonds is 3. The van der Waals surface area contributed by atoms with Gasteiger partial charge in [-0.1, -0.05) is 0 Å². The Morgan fingerprint density at radius 1 is 1.35 bits per heavy atom. The van der Waals surface area contributed by atoms with Gasteiger partial charge in [0.15, 0.2) is 9.84 Å². The van der Waals surface area contributed by atoms with Crippen LogP contribution >= 0.6 is 0 Å². The van der Waals surface area contributed by atoms with Crippen molar-refractivity contribution in [2.45, 2.75) is 0 Å². The first kappa shape index (κ1) is 14.7. The van der Waals surface area contributed by atoms with Gasteiger partial charge in [0, 0.05) is 13.1 Å². The molecule has 1 aliphatic heterocycles. The van der Waals surface area contributed by atoms with E-state index >= 15 is 0 Å². The average molecular weight is 301 g/mol. The quantitative estimate of drug-likeness (QED) is 0.771. The van der Waals surface area contributed by atoms with E-state index < -0.39 is 15.7 Å². The highest BCUT2D eigenvalue weighted by atomic mass is 32.2. The SMILES string of the molecule is Nc1ccc(F)cc1NC(=O)CN1CCS(=O)(=O)CC1. The van der Waals surface area contributed by atoms with E-state index in [9.17, 15) is 17.6 Å². The lowest BCUT2D eigenvalue weighted by Gasteiger charge is -2.25. The van der Waals surface area contributed by atoms with E-state index in [1.54, 1.807) is 4.90 Å². The molecular formula is C12H16FN3O3S. The molecule has 1 aliphatic rings. The normalized spacial score (nSPS) is 18.6. The van der Waals surface area contributed by atoms with E-state index in [4.69, 9.17) is 5.73 Å². The molecule has 3 N–H and O–H groups in total. The highest BCUT2D eigenvalue weighted by Gasteiger charge is 2.23. The Bertz CT molecular complexity index is 604. The summed E-state index contributed by atoms with van der Waals surface area (Å²) in [6.07, 6.45) is 0. The van der Waals surface area contributed by atoms with Crippen LogP contribution in [0, 0.1) is 5.82 Å². The van der Waals surface area contributed by atoms with Crippen molar-refractivity contribution >= 4 is 27.1 Å². The molecule has 2 rings (SSSR count). The Balaban J connectivity index is 1.91. The number of sulfone groups is 1. The van der Waals surface area contributed by atoms with E-state index in [1.165, 1.54) is 12.1 Å². The Kier molecular flexibility index (Phi) is 4.24. The Hall–Kier alpha value is -1.67. The third-order valence-electron chi connectivity index (χ3n) is 3.09. The van der Waals surface area contributed by atoms with E-state index in [0.29, 0.717) is 13.1 Å². The summed E-state index contributed by atoms with van der Waals surface area (Å²) in [5.74, 6) is -0.717. The zero-order valence-electron chi connectivity index (χ0n) is 10.8. The van der Waals surface area contributed by atoms with Gasteiger partial charge in [0.05, 0.1) is 29.4 Å². The van der Waals surface area contributed by atoms with E-state index in [0.717, 1.165) is 6.07 Å². The fourth-order valence-electron chi connectivity index (χ4n) is 1.94. The van der Waals surface area contributed by atoms with Crippen molar-refractivity contribution in [3.05, 3.63) is 24.0 Å². The second-order valence-corrected chi connectivity index (χ2v) is 7.01. The summed E-state index contributed by atoms with van der Waals surface area (Å²) < 4.78 is 35.6. The number of nitrogens with zero attached hydrogens (tertiary/aromatic N) is 1. The van der Waals surface area contributed by atoms with Crippen LogP contribution in [0.15, 0.2) is 18.2 Å². The predicted octanol–water partition coefficient (Wildman–Crippen LogP) is 0.0768. The van der Waals surface area contributed by atoms with Gasteiger partial charge in [-0.2, -0.15) is 0 Å². The number of nitrogens with two attached hydrogens (primary N) is 1. The van der Waals surface area contributed by atoms with Crippen molar-refractivity contribution in [1.29, 1.82) is 0 Å². The summed E-state index contributed by atoms with van der Waals surface area (Å²) in [7, 11) is -2.97. The fraction of sp³-hybridized carbons (Fsp3) is 0.417. The first-order valence-electron chi connectivity index (χ1n) is 6.13. The molecule has 1 saturated heterocycles. The van der Waals surface area contributed by atoms with Crippen LogP contribution in [-0.2, 0) is 14.6 Å². The number of carbonyl (C=O) groups is 1. The summed E-state index contributed by atoms with van der Waals surface area (Å²) in [6.45, 7) is 0.717. The molecule has 0 radical (unpaired) electrons. The largest absolute Gasteiger partial charge is 0.397 e. The standard InChI is InChI=1S/C12H16FN3O3S/c13-9-1-2-10(14)11(7-9)15-12(17)8-16-3-5-20(18,19)6-4-16/h1-2,7H,3-6,8,14H2,(H,15,17). The summed E-state index contributed by atoms with van der Waals surface area (Å²) in [5.41, 5.74) is 6.13. The molecule has 1 amide bonds. The molecule has 0 aliphatic carbocycles. The van der Waals surface area contributed by atoms with Crippen LogP contribution in [-0.4, -0.2) is 50.4 Å². The van der Waals surface area contributed by atoms with Gasteiger partial charge in [-0.05, 0) is 18.2 Å². The van der Waals surface area contributed by atoms with Crippen LogP contribution in [0.25, 0.3) is 0 Å². The molecule has 0 bridgehead atoms. The fourth-order valence-corrected chi connectivity index (χ4v) is 3.21. The molecule has 110 valence electrons. The maximum absolute atomic E-state index is 13.1. The van der Waals surface area contributed by atoms with Crippen molar-refractivity contribution in [1.82, 2.24) is 4.90 Å². The number of benzene rings is 1. The Morgan fingerprint density at radius 3 is 2.65 bits per heavy atom. The van der Waals surface area contributed by atoms with Crippen molar-refractivity contribution in [2.75, 3.05) is 42.2 Å². The monoisotopic (exact) mass is 301 g/mol. The molecule has 8 heteroatoms. The van der Waals surface area contributed by atoms with Crippen molar-refractivity contribution in [3.63, 3.8) is 0 Å². The highest BCUT2D eigenvalue weighted by molar-refractivity contribution is 7.91. The predicted molar refractivity (Wildman–Crippen MR) is 74.5 cm³/mol. The molecule has 1 heterocycles. The van der Waals surface area contributed by atoms with Crippen LogP contribution in [0.2, 0.25) is 0 Å². The maximum atomic E-state index is 13.1. The van der Waals surface area contributed by atoms with E-state index in [-0.39, 0.29) is 35.3 Å². The number of hydrogen-bond acceptors (Lipinski definition) is 5. The Labute approximate surface area is 116 Å². The maximum Gasteiger partial charge on any atom is 0.238 e. The molecule has 20 heavy (non-hydrogen) atoms. The third kappa shape index (κ3) is 3.91. The van der Waals surface area contributed by atoms with Gasteiger partial charge in [0.25, 0.3) is 0 Å². The molecule has 6 nitrogen and oxygen atoms in total. The smallest absolute Gasteiger partial charge is 0.238 e. The molecule has 1 aromatic carbocycles. The van der Waals surface area contributed by atoms with E-state index in [1.807, 2.05) is 0 Å². The highest BCUT2D eigenvalue weighted by Crippen LogP contribution is 2.19. The van der Waals surface area contributed by atoms with Crippen molar-refractivity contribution < 1.29 is 17.6 Å². The van der Waals surface area contributed by atoms with Gasteiger partial charge in [-0.15, -0.1) is 0 Å². The average Bonchev–Trinajstić information content (AvgIpc) is 2.36. The van der Waals surface area contributed by atoms with Gasteiger partial charge in [-0.25, -0.2) is 12.8 Å². The first-order valence-corrected chi connectivity index (χ1v) is 7.95. The third-order valence-corrected chi connectivity index (χ3v) is 4.70. The molecule has 0 atom stereocenters.